The van der Waals surface area contributed by atoms with Gasteiger partial charge in [-0.3, -0.25) is 9.59 Å². The molecule has 3 rings (SSSR count). The summed E-state index contributed by atoms with van der Waals surface area (Å²) in [5, 5.41) is 0. The van der Waals surface area contributed by atoms with Gasteiger partial charge in [0.2, 0.25) is 0 Å². The van der Waals surface area contributed by atoms with Crippen molar-refractivity contribution in [2.45, 2.75) is 110 Å². The van der Waals surface area contributed by atoms with Gasteiger partial charge in [0.05, 0.1) is 11.3 Å². The van der Waals surface area contributed by atoms with Crippen molar-refractivity contribution in [1.82, 2.24) is 0 Å². The number of carbonyl (C=O) groups excluding carboxylic acids is 2. The zero-order valence-electron chi connectivity index (χ0n) is 25.6. The molecule has 0 atom stereocenters. The molecule has 0 aliphatic heterocycles. The third-order valence-corrected chi connectivity index (χ3v) is 10.5. The fourth-order valence-electron chi connectivity index (χ4n) is 5.69. The van der Waals surface area contributed by atoms with Crippen LogP contribution in [0, 0.1) is 24.9 Å². The molecule has 0 amide bonds. The van der Waals surface area contributed by atoms with Crippen LogP contribution in [0.2, 0.25) is 0 Å². The first kappa shape index (κ1) is 40.3. The van der Waals surface area contributed by atoms with Crippen molar-refractivity contribution in [3.8, 4) is 5.92 Å². The SMILES string of the molecule is C1CCCC1.CC(C)P(C(C)C)C(C)C.[C-]#CC(c1ccccc1)(c1ccccc1)C(C(C)=O)C(C)=O.[C-]#[O+].[Ru+2]. The number of ketones is 2. The summed E-state index contributed by atoms with van der Waals surface area (Å²) in [6.45, 7) is 21.4. The molecule has 0 heterocycles. The van der Waals surface area contributed by atoms with E-state index in [2.05, 4.69) is 54.1 Å². The van der Waals surface area contributed by atoms with Crippen LogP contribution >= 0.6 is 7.92 Å². The van der Waals surface area contributed by atoms with Crippen molar-refractivity contribution >= 4 is 19.5 Å². The average molecular weight is 649 g/mol. The topological polar surface area (TPSA) is 54.0 Å². The molecule has 0 unspecified atom stereocenters. The first-order valence-corrected chi connectivity index (χ1v) is 15.6. The van der Waals surface area contributed by atoms with Gasteiger partial charge in [-0.2, -0.15) is 0 Å². The Bertz CT molecular complexity index is 939. The fourth-order valence-corrected chi connectivity index (χ4v) is 9.27. The summed E-state index contributed by atoms with van der Waals surface area (Å²) in [6, 6.07) is 18.4. The molecule has 2 aromatic carbocycles. The maximum Gasteiger partial charge on any atom is 2.00 e. The van der Waals surface area contributed by atoms with Crippen LogP contribution in [0.4, 0.5) is 0 Å². The van der Waals surface area contributed by atoms with E-state index in [9.17, 15) is 9.59 Å². The first-order chi connectivity index (χ1) is 18.5. The Labute approximate surface area is 258 Å². The van der Waals surface area contributed by atoms with Crippen LogP contribution < -0.4 is 0 Å². The second-order valence-electron chi connectivity index (χ2n) is 10.8. The number of rotatable bonds is 8. The van der Waals surface area contributed by atoms with E-state index in [1.165, 1.54) is 46.0 Å². The van der Waals surface area contributed by atoms with Gasteiger partial charge in [-0.25, -0.2) is 0 Å². The molecule has 3 nitrogen and oxygen atoms in total. The van der Waals surface area contributed by atoms with Crippen LogP contribution in [0.25, 0.3) is 0 Å². The molecule has 0 spiro atoms. The zero-order valence-corrected chi connectivity index (χ0v) is 28.3. The number of benzene rings is 2. The summed E-state index contributed by atoms with van der Waals surface area (Å²) in [4.78, 5) is 24.4. The Morgan fingerprint density at radius 3 is 1.15 bits per heavy atom. The smallest absolute Gasteiger partial charge is 2.00 e. The summed E-state index contributed by atoms with van der Waals surface area (Å²) >= 11 is 0. The molecule has 1 aliphatic rings. The van der Waals surface area contributed by atoms with Crippen molar-refractivity contribution in [2.75, 3.05) is 0 Å². The molecule has 0 aromatic heterocycles. The van der Waals surface area contributed by atoms with Crippen molar-refractivity contribution < 1.29 is 33.7 Å². The number of hydrogen-bond donors (Lipinski definition) is 0. The van der Waals surface area contributed by atoms with Crippen LogP contribution in [-0.4, -0.2) is 28.5 Å². The van der Waals surface area contributed by atoms with Gasteiger partial charge < -0.3 is 12.3 Å². The molecule has 1 fully saturated rings. The maximum absolute atomic E-state index is 12.2. The summed E-state index contributed by atoms with van der Waals surface area (Å²) in [6.07, 6.45) is 15.4. The van der Waals surface area contributed by atoms with E-state index in [0.29, 0.717) is 11.1 Å². The van der Waals surface area contributed by atoms with Crippen molar-refractivity contribution in [3.05, 3.63) is 84.9 Å². The van der Waals surface area contributed by atoms with Crippen LogP contribution in [0.3, 0.4) is 0 Å². The van der Waals surface area contributed by atoms with Crippen LogP contribution in [-0.2, 0) is 39.1 Å². The molecule has 1 saturated carbocycles. The standard InChI is InChI=1S/C20H17O2.C9H21P.C5H10.CO.Ru/c1-4-20(17-11-7-5-8-12-17,18-13-9-6-10-14-18)19(15(2)21)16(3)22;1-7(2)10(8(3)4)9(5)6;1-2-4-5-3-1;1-2;/h5-14,19H,2-3H3;7-9H,1-6H3;1-5H2;;/q-1;;;;+2. The Kier molecular flexibility index (Phi) is 22.0. The normalized spacial score (nSPS) is 12.2. The second kappa shape index (κ2) is 21.8. The average Bonchev–Trinajstić information content (AvgIpc) is 3.49. The molecule has 5 heteroatoms. The minimum Gasteiger partial charge on any atom is 2.00 e. The van der Waals surface area contributed by atoms with E-state index >= 15 is 0 Å². The molecule has 0 saturated heterocycles. The molecule has 0 radical (unpaired) electrons. The maximum atomic E-state index is 12.2. The van der Waals surface area contributed by atoms with Gasteiger partial charge >= 0.3 is 30.8 Å². The minimum absolute atomic E-state index is 0. The van der Waals surface area contributed by atoms with Crippen LogP contribution in [0.15, 0.2) is 60.7 Å². The molecule has 2 aromatic rings. The Balaban J connectivity index is 0. The quantitative estimate of drug-likeness (QED) is 0.0717. The zero-order chi connectivity index (χ0) is 30.0. The van der Waals surface area contributed by atoms with E-state index in [0.717, 1.165) is 17.0 Å². The Hall–Kier alpha value is -1.87. The molecular weight excluding hydrogens is 600 g/mol. The molecule has 1 aliphatic carbocycles. The molecular formula is C35H48O3PRu+. The predicted octanol–water partition coefficient (Wildman–Crippen LogP) is 8.96. The van der Waals surface area contributed by atoms with Gasteiger partial charge in [0, 0.05) is 0 Å². The fraction of sp³-hybridized carbons (Fsp3) is 0.514. The number of hydrogen-bond acceptors (Lipinski definition) is 2. The van der Waals surface area contributed by atoms with Gasteiger partial charge in [-0.1, -0.05) is 142 Å². The van der Waals surface area contributed by atoms with Gasteiger partial charge in [-0.05, 0) is 42.0 Å². The van der Waals surface area contributed by atoms with E-state index < -0.39 is 11.3 Å². The number of carbonyl (C=O) groups is 2. The van der Waals surface area contributed by atoms with E-state index in [1.807, 2.05) is 60.7 Å². The third-order valence-electron chi connectivity index (χ3n) is 6.94. The largest absolute Gasteiger partial charge is 2.00 e. The molecule has 40 heavy (non-hydrogen) atoms. The molecule has 0 bridgehead atoms. The summed E-state index contributed by atoms with van der Waals surface area (Å²) in [7, 11) is 0.262. The Morgan fingerprint density at radius 2 is 0.975 bits per heavy atom. The summed E-state index contributed by atoms with van der Waals surface area (Å²) in [5.74, 6) is 1.03. The second-order valence-corrected chi connectivity index (χ2v) is 14.8. The number of Topliss-reactive ketones (excluding diaryl/α,β-unsaturated/α-hetero) is 2. The third kappa shape index (κ3) is 12.3. The Morgan fingerprint density at radius 1 is 0.700 bits per heavy atom. The van der Waals surface area contributed by atoms with E-state index in [1.54, 1.807) is 0 Å². The van der Waals surface area contributed by atoms with Gasteiger partial charge in [0.15, 0.2) is 0 Å². The van der Waals surface area contributed by atoms with Crippen LogP contribution in [0.5, 0.6) is 0 Å². The molecule has 0 N–H and O–H groups in total. The van der Waals surface area contributed by atoms with Gasteiger partial charge in [-0.15, -0.1) is 0 Å². The minimum atomic E-state index is -1.19. The monoisotopic (exact) mass is 649 g/mol. The van der Waals surface area contributed by atoms with E-state index in [4.69, 9.17) is 11.1 Å². The molecule has 218 valence electrons. The predicted molar refractivity (Wildman–Crippen MR) is 165 cm³/mol. The summed E-state index contributed by atoms with van der Waals surface area (Å²) < 4.78 is 7.50. The van der Waals surface area contributed by atoms with Gasteiger partial charge in [0.1, 0.15) is 11.6 Å². The van der Waals surface area contributed by atoms with Crippen LogP contribution in [0.1, 0.15) is 98.6 Å². The van der Waals surface area contributed by atoms with Crippen molar-refractivity contribution in [2.24, 2.45) is 5.92 Å². The van der Waals surface area contributed by atoms with Crippen molar-refractivity contribution in [1.29, 1.82) is 0 Å². The van der Waals surface area contributed by atoms with Crippen molar-refractivity contribution in [3.63, 3.8) is 0 Å². The summed E-state index contributed by atoms with van der Waals surface area (Å²) in [5.41, 5.74) is 2.93. The van der Waals surface area contributed by atoms with Gasteiger partial charge in [0.25, 0.3) is 0 Å². The van der Waals surface area contributed by atoms with E-state index in [-0.39, 0.29) is 39.0 Å². The first-order valence-electron chi connectivity index (χ1n) is 14.0.